The average Bonchev–Trinajstić information content (AvgIpc) is 3.16. The molecule has 2 aromatic carbocycles. The molecule has 2 aromatic heterocycles. The van der Waals surface area contributed by atoms with Crippen LogP contribution >= 0.6 is 0 Å². The number of rotatable bonds is 9. The lowest BCUT2D eigenvalue weighted by molar-refractivity contribution is -0.115. The number of nitrogens with zero attached hydrogens (tertiary/aromatic N) is 3. The van der Waals surface area contributed by atoms with Gasteiger partial charge in [0, 0.05) is 12.3 Å². The number of hydrogen-bond donors (Lipinski definition) is 2. The van der Waals surface area contributed by atoms with Crippen molar-refractivity contribution >= 4 is 28.8 Å². The molecule has 0 spiro atoms. The Balaban J connectivity index is 1.51. The molecule has 2 heterocycles. The minimum absolute atomic E-state index is 0.0235. The van der Waals surface area contributed by atoms with E-state index in [1.807, 2.05) is 0 Å². The lowest BCUT2D eigenvalue weighted by Crippen LogP contribution is -2.19. The van der Waals surface area contributed by atoms with Crippen LogP contribution in [0, 0.1) is 5.82 Å². The van der Waals surface area contributed by atoms with Crippen molar-refractivity contribution in [3.05, 3.63) is 71.7 Å². The number of anilines is 1. The van der Waals surface area contributed by atoms with E-state index in [0.717, 1.165) is 6.07 Å². The van der Waals surface area contributed by atoms with Crippen molar-refractivity contribution in [1.29, 1.82) is 0 Å². The first-order valence-electron chi connectivity index (χ1n) is 10.6. The van der Waals surface area contributed by atoms with Crippen LogP contribution in [0.2, 0.25) is 0 Å². The van der Waals surface area contributed by atoms with Crippen LogP contribution in [0.3, 0.4) is 0 Å². The summed E-state index contributed by atoms with van der Waals surface area (Å²) in [6.45, 7) is -0.681. The SMILES string of the molecule is COc1ccc2c(c1)nc(NC(=O)Cc1ccc(Oc3ncccc3C(N)=O)c(F)c1)n2CC(F)F. The number of ether oxygens (including phenoxy) is 2. The van der Waals surface area contributed by atoms with Gasteiger partial charge in [-0.1, -0.05) is 6.07 Å². The Kier molecular flexibility index (Phi) is 7.04. The maximum Gasteiger partial charge on any atom is 0.256 e. The van der Waals surface area contributed by atoms with Gasteiger partial charge in [-0.15, -0.1) is 0 Å². The van der Waals surface area contributed by atoms with Crippen LogP contribution < -0.4 is 20.5 Å². The Hall–Kier alpha value is -4.61. The summed E-state index contributed by atoms with van der Waals surface area (Å²) in [7, 11) is 1.46. The number of imidazole rings is 1. The summed E-state index contributed by atoms with van der Waals surface area (Å²) in [4.78, 5) is 32.3. The summed E-state index contributed by atoms with van der Waals surface area (Å²) in [5.41, 5.74) is 6.29. The zero-order valence-corrected chi connectivity index (χ0v) is 18.9. The van der Waals surface area contributed by atoms with Gasteiger partial charge >= 0.3 is 0 Å². The number of pyridine rings is 1. The number of primary amides is 1. The predicted molar refractivity (Wildman–Crippen MR) is 124 cm³/mol. The lowest BCUT2D eigenvalue weighted by Gasteiger charge is -2.11. The molecule has 0 radical (unpaired) electrons. The van der Waals surface area contributed by atoms with Crippen molar-refractivity contribution in [1.82, 2.24) is 14.5 Å². The molecule has 4 aromatic rings. The molecule has 3 N–H and O–H groups in total. The number of aromatic nitrogens is 3. The standard InChI is InChI=1S/C24H20F3N5O4/c1-35-14-5-6-18-17(11-14)30-24(32(18)12-20(26)27)31-21(33)10-13-4-7-19(16(25)9-13)36-23-15(22(28)34)3-2-8-29-23/h2-9,11,20H,10,12H2,1H3,(H2,28,34)(H,30,31,33). The quantitative estimate of drug-likeness (QED) is 0.360. The molecule has 0 aliphatic rings. The number of amides is 2. The smallest absolute Gasteiger partial charge is 0.256 e. The fraction of sp³-hybridized carbons (Fsp3) is 0.167. The third-order valence-corrected chi connectivity index (χ3v) is 5.13. The fourth-order valence-corrected chi connectivity index (χ4v) is 3.51. The zero-order valence-electron chi connectivity index (χ0n) is 18.9. The lowest BCUT2D eigenvalue weighted by atomic mass is 10.1. The Morgan fingerprint density at radius 3 is 2.67 bits per heavy atom. The largest absolute Gasteiger partial charge is 0.497 e. The van der Waals surface area contributed by atoms with Crippen LogP contribution in [-0.4, -0.2) is 39.9 Å². The van der Waals surface area contributed by atoms with Gasteiger partial charge in [-0.25, -0.2) is 23.1 Å². The highest BCUT2D eigenvalue weighted by Gasteiger charge is 2.18. The monoisotopic (exact) mass is 499 g/mol. The van der Waals surface area contributed by atoms with Crippen molar-refractivity contribution in [3.8, 4) is 17.4 Å². The number of fused-ring (bicyclic) bond motifs is 1. The Morgan fingerprint density at radius 2 is 1.97 bits per heavy atom. The van der Waals surface area contributed by atoms with E-state index in [2.05, 4.69) is 15.3 Å². The maximum atomic E-state index is 14.7. The topological polar surface area (TPSA) is 121 Å². The van der Waals surface area contributed by atoms with Crippen molar-refractivity contribution in [2.75, 3.05) is 12.4 Å². The second-order valence-corrected chi connectivity index (χ2v) is 7.60. The van der Waals surface area contributed by atoms with Crippen molar-refractivity contribution in [2.24, 2.45) is 5.73 Å². The summed E-state index contributed by atoms with van der Waals surface area (Å²) in [6.07, 6.45) is -1.60. The molecule has 12 heteroatoms. The molecule has 36 heavy (non-hydrogen) atoms. The van der Waals surface area contributed by atoms with Crippen LogP contribution in [-0.2, 0) is 17.8 Å². The van der Waals surface area contributed by atoms with Crippen LogP contribution in [0.15, 0.2) is 54.7 Å². The zero-order chi connectivity index (χ0) is 25.8. The highest BCUT2D eigenvalue weighted by atomic mass is 19.3. The number of benzene rings is 2. The molecule has 0 bridgehead atoms. The van der Waals surface area contributed by atoms with Crippen LogP contribution in [0.1, 0.15) is 15.9 Å². The molecule has 4 rings (SSSR count). The number of halogens is 3. The van der Waals surface area contributed by atoms with Crippen LogP contribution in [0.25, 0.3) is 11.0 Å². The third-order valence-electron chi connectivity index (χ3n) is 5.13. The van der Waals surface area contributed by atoms with Gasteiger partial charge in [0.2, 0.25) is 17.7 Å². The highest BCUT2D eigenvalue weighted by molar-refractivity contribution is 5.95. The summed E-state index contributed by atoms with van der Waals surface area (Å²) in [5.74, 6) is -2.17. The van der Waals surface area contributed by atoms with Crippen molar-refractivity contribution < 1.29 is 32.2 Å². The first-order chi connectivity index (χ1) is 17.2. The average molecular weight is 499 g/mol. The van der Waals surface area contributed by atoms with Gasteiger partial charge in [0.15, 0.2) is 11.6 Å². The van der Waals surface area contributed by atoms with E-state index < -0.39 is 30.6 Å². The third kappa shape index (κ3) is 5.37. The van der Waals surface area contributed by atoms with Crippen LogP contribution in [0.5, 0.6) is 17.4 Å². The van der Waals surface area contributed by atoms with Gasteiger partial charge < -0.3 is 19.8 Å². The molecule has 9 nitrogen and oxygen atoms in total. The van der Waals surface area contributed by atoms with Crippen molar-refractivity contribution in [3.63, 3.8) is 0 Å². The molecule has 0 atom stereocenters. The minimum Gasteiger partial charge on any atom is -0.497 e. The number of methoxy groups -OCH3 is 1. The number of alkyl halides is 2. The van der Waals surface area contributed by atoms with E-state index >= 15 is 0 Å². The van der Waals surface area contributed by atoms with Gasteiger partial charge in [0.1, 0.15) is 11.3 Å². The first-order valence-corrected chi connectivity index (χ1v) is 10.6. The Labute approximate surface area is 202 Å². The summed E-state index contributed by atoms with van der Waals surface area (Å²) in [6, 6.07) is 11.4. The van der Waals surface area contributed by atoms with E-state index in [4.69, 9.17) is 15.2 Å². The van der Waals surface area contributed by atoms with Crippen LogP contribution in [0.4, 0.5) is 19.1 Å². The summed E-state index contributed by atoms with van der Waals surface area (Å²) < 4.78 is 52.7. The molecule has 0 fully saturated rings. The van der Waals surface area contributed by atoms with E-state index in [0.29, 0.717) is 16.8 Å². The molecule has 2 amide bonds. The molecule has 186 valence electrons. The number of nitrogens with one attached hydrogen (secondary N) is 1. The van der Waals surface area contributed by atoms with E-state index in [9.17, 15) is 22.8 Å². The molecule has 0 aliphatic carbocycles. The van der Waals surface area contributed by atoms with Gasteiger partial charge in [0.05, 0.1) is 31.1 Å². The number of carbonyl (C=O) groups excluding carboxylic acids is 2. The van der Waals surface area contributed by atoms with E-state index in [1.165, 1.54) is 42.1 Å². The molecule has 0 saturated carbocycles. The molecular formula is C24H20F3N5O4. The fourth-order valence-electron chi connectivity index (χ4n) is 3.51. The Morgan fingerprint density at radius 1 is 1.17 bits per heavy atom. The maximum absolute atomic E-state index is 14.7. The summed E-state index contributed by atoms with van der Waals surface area (Å²) in [5, 5.41) is 2.51. The second kappa shape index (κ2) is 10.3. The summed E-state index contributed by atoms with van der Waals surface area (Å²) >= 11 is 0. The number of carbonyl (C=O) groups is 2. The Bertz CT molecular complexity index is 1440. The van der Waals surface area contributed by atoms with Gasteiger partial charge in [-0.05, 0) is 42.0 Å². The van der Waals surface area contributed by atoms with Gasteiger partial charge in [-0.3, -0.25) is 14.9 Å². The highest BCUT2D eigenvalue weighted by Crippen LogP contribution is 2.27. The molecular weight excluding hydrogens is 479 g/mol. The van der Waals surface area contributed by atoms with E-state index in [-0.39, 0.29) is 35.1 Å². The predicted octanol–water partition coefficient (Wildman–Crippen LogP) is 3.92. The van der Waals surface area contributed by atoms with E-state index in [1.54, 1.807) is 18.2 Å². The molecule has 0 aliphatic heterocycles. The second-order valence-electron chi connectivity index (χ2n) is 7.60. The first kappa shape index (κ1) is 24.5. The molecule has 0 saturated heterocycles. The molecule has 0 unspecified atom stereocenters. The van der Waals surface area contributed by atoms with Gasteiger partial charge in [0.25, 0.3) is 12.3 Å². The van der Waals surface area contributed by atoms with Gasteiger partial charge in [-0.2, -0.15) is 0 Å². The number of nitrogens with two attached hydrogens (primary N) is 1. The normalized spacial score (nSPS) is 11.0. The number of hydrogen-bond acceptors (Lipinski definition) is 6. The van der Waals surface area contributed by atoms with Crippen molar-refractivity contribution in [2.45, 2.75) is 19.4 Å². The minimum atomic E-state index is -2.68.